The first-order valence-corrected chi connectivity index (χ1v) is 8.49. The van der Waals surface area contributed by atoms with Crippen LogP contribution in [0.2, 0.25) is 0 Å². The van der Waals surface area contributed by atoms with E-state index >= 15 is 0 Å². The summed E-state index contributed by atoms with van der Waals surface area (Å²) in [6.45, 7) is 0. The number of ether oxygens (including phenoxy) is 1. The maximum Gasteiger partial charge on any atom is 0.416 e. The molecule has 0 aliphatic heterocycles. The number of rotatable bonds is 7. The van der Waals surface area contributed by atoms with Crippen molar-refractivity contribution < 1.29 is 32.6 Å². The molecular weight excluding hydrogens is 375 g/mol. The third kappa shape index (κ3) is 5.82. The lowest BCUT2D eigenvalue weighted by Gasteiger charge is -2.19. The lowest BCUT2D eigenvalue weighted by molar-refractivity contribution is -0.146. The Labute approximate surface area is 160 Å². The van der Waals surface area contributed by atoms with Gasteiger partial charge in [0.25, 0.3) is 5.91 Å². The third-order valence-electron chi connectivity index (χ3n) is 4.17. The van der Waals surface area contributed by atoms with Crippen molar-refractivity contribution in [2.24, 2.45) is 0 Å². The van der Waals surface area contributed by atoms with Gasteiger partial charge >= 0.3 is 12.1 Å². The van der Waals surface area contributed by atoms with E-state index in [9.17, 15) is 27.9 Å². The number of amides is 1. The largest absolute Gasteiger partial charge is 0.467 e. The summed E-state index contributed by atoms with van der Waals surface area (Å²) < 4.78 is 42.5. The molecule has 2 atom stereocenters. The Morgan fingerprint density at radius 3 is 2.21 bits per heavy atom. The molecule has 150 valence electrons. The number of benzene rings is 2. The van der Waals surface area contributed by atoms with Gasteiger partial charge in [-0.1, -0.05) is 42.5 Å². The van der Waals surface area contributed by atoms with Crippen LogP contribution >= 0.6 is 0 Å². The van der Waals surface area contributed by atoms with E-state index in [4.69, 9.17) is 0 Å². The van der Waals surface area contributed by atoms with Crippen LogP contribution in [0.5, 0.6) is 0 Å². The number of aliphatic hydroxyl groups excluding tert-OH is 1. The van der Waals surface area contributed by atoms with Crippen LogP contribution in [0.15, 0.2) is 54.6 Å². The molecule has 0 spiro atoms. The summed E-state index contributed by atoms with van der Waals surface area (Å²) in [5.41, 5.74) is 0.0465. The molecule has 5 nitrogen and oxygen atoms in total. The van der Waals surface area contributed by atoms with E-state index in [2.05, 4.69) is 10.1 Å². The van der Waals surface area contributed by atoms with Gasteiger partial charge in [-0.15, -0.1) is 0 Å². The van der Waals surface area contributed by atoms with Gasteiger partial charge in [-0.2, -0.15) is 13.2 Å². The number of carbonyl (C=O) groups excluding carboxylic acids is 2. The van der Waals surface area contributed by atoms with Crippen molar-refractivity contribution >= 4 is 11.9 Å². The van der Waals surface area contributed by atoms with E-state index < -0.39 is 35.8 Å². The van der Waals surface area contributed by atoms with Gasteiger partial charge in [0.1, 0.15) is 6.04 Å². The monoisotopic (exact) mass is 395 g/mol. The Kier molecular flexibility index (Phi) is 7.17. The first-order chi connectivity index (χ1) is 13.2. The van der Waals surface area contributed by atoms with Gasteiger partial charge < -0.3 is 15.2 Å². The zero-order valence-electron chi connectivity index (χ0n) is 15.1. The van der Waals surface area contributed by atoms with E-state index in [1.807, 2.05) is 30.3 Å². The molecule has 2 N–H and O–H groups in total. The van der Waals surface area contributed by atoms with Crippen LogP contribution in [0.25, 0.3) is 0 Å². The molecule has 8 heteroatoms. The number of aryl methyl sites for hydroxylation is 1. The lowest BCUT2D eigenvalue weighted by atomic mass is 10.0. The molecule has 0 bridgehead atoms. The minimum Gasteiger partial charge on any atom is -0.467 e. The Morgan fingerprint density at radius 2 is 1.68 bits per heavy atom. The van der Waals surface area contributed by atoms with Gasteiger partial charge in [0, 0.05) is 0 Å². The van der Waals surface area contributed by atoms with Crippen LogP contribution in [0.1, 0.15) is 29.2 Å². The zero-order chi connectivity index (χ0) is 20.7. The quantitative estimate of drug-likeness (QED) is 0.707. The average Bonchev–Trinajstić information content (AvgIpc) is 2.70. The van der Waals surface area contributed by atoms with Crippen LogP contribution in [-0.2, 0) is 26.9 Å². The number of methoxy groups -OCH3 is 1. The number of hydrogen-bond acceptors (Lipinski definition) is 4. The van der Waals surface area contributed by atoms with Crippen molar-refractivity contribution in [3.05, 3.63) is 71.3 Å². The van der Waals surface area contributed by atoms with Crippen molar-refractivity contribution in [1.82, 2.24) is 5.32 Å². The summed E-state index contributed by atoms with van der Waals surface area (Å²) in [7, 11) is 1.18. The Hall–Kier alpha value is -2.87. The highest BCUT2D eigenvalue weighted by Gasteiger charge is 2.31. The highest BCUT2D eigenvalue weighted by Crippen LogP contribution is 2.30. The maximum atomic E-state index is 12.6. The molecule has 0 aliphatic carbocycles. The number of hydrogen-bond donors (Lipinski definition) is 2. The average molecular weight is 395 g/mol. The van der Waals surface area contributed by atoms with Gasteiger partial charge in [-0.3, -0.25) is 4.79 Å². The number of halogens is 3. The van der Waals surface area contributed by atoms with Crippen LogP contribution < -0.4 is 5.32 Å². The smallest absolute Gasteiger partial charge is 0.416 e. The third-order valence-corrected chi connectivity index (χ3v) is 4.17. The summed E-state index contributed by atoms with van der Waals surface area (Å²) in [5, 5.41) is 12.5. The number of esters is 1. The van der Waals surface area contributed by atoms with Gasteiger partial charge in [-0.05, 0) is 36.1 Å². The molecule has 1 amide bonds. The highest BCUT2D eigenvalue weighted by atomic mass is 19.4. The van der Waals surface area contributed by atoms with Crippen molar-refractivity contribution in [1.29, 1.82) is 0 Å². The Balaban J connectivity index is 2.04. The topological polar surface area (TPSA) is 75.6 Å². The summed E-state index contributed by atoms with van der Waals surface area (Å²) >= 11 is 0. The Morgan fingerprint density at radius 1 is 1.07 bits per heavy atom. The van der Waals surface area contributed by atoms with Crippen LogP contribution in [0, 0.1) is 0 Å². The number of alkyl halides is 3. The van der Waals surface area contributed by atoms with Crippen molar-refractivity contribution in [3.63, 3.8) is 0 Å². The molecule has 0 saturated carbocycles. The molecule has 2 rings (SSSR count). The molecule has 0 fully saturated rings. The van der Waals surface area contributed by atoms with E-state index in [1.54, 1.807) is 0 Å². The standard InChI is InChI=1S/C20H20F3NO4/c1-28-19(27)16(12-7-13-5-3-2-4-6-13)24-18(26)17(25)14-8-10-15(11-9-14)20(21,22)23/h2-6,8-11,16-17,25H,7,12H2,1H3,(H,24,26)/t16-,17+/m1/s1. The summed E-state index contributed by atoms with van der Waals surface area (Å²) in [6.07, 6.45) is -5.51. The molecule has 0 heterocycles. The minimum atomic E-state index is -4.51. The van der Waals surface area contributed by atoms with Crippen LogP contribution in [-0.4, -0.2) is 30.1 Å². The molecule has 2 aromatic carbocycles. The Bertz CT molecular complexity index is 791. The van der Waals surface area contributed by atoms with Crippen molar-refractivity contribution in [2.75, 3.05) is 7.11 Å². The predicted molar refractivity (Wildman–Crippen MR) is 95.1 cm³/mol. The van der Waals surface area contributed by atoms with Crippen molar-refractivity contribution in [2.45, 2.75) is 31.2 Å². The normalized spacial score (nSPS) is 13.5. The fraction of sp³-hybridized carbons (Fsp3) is 0.300. The molecule has 0 unspecified atom stereocenters. The first-order valence-electron chi connectivity index (χ1n) is 8.49. The number of aliphatic hydroxyl groups is 1. The summed E-state index contributed by atoms with van der Waals surface area (Å²) in [6, 6.07) is 11.9. The van der Waals surface area contributed by atoms with Gasteiger partial charge in [0.05, 0.1) is 12.7 Å². The first kappa shape index (κ1) is 21.4. The number of carbonyl (C=O) groups is 2. The van der Waals surface area contributed by atoms with Gasteiger partial charge in [-0.25, -0.2) is 4.79 Å². The van der Waals surface area contributed by atoms with Gasteiger partial charge in [0.15, 0.2) is 6.10 Å². The number of nitrogens with one attached hydrogen (secondary N) is 1. The summed E-state index contributed by atoms with van der Waals surface area (Å²) in [5.74, 6) is -1.58. The minimum absolute atomic E-state index is 0.0165. The van der Waals surface area contributed by atoms with Crippen molar-refractivity contribution in [3.8, 4) is 0 Å². The fourth-order valence-corrected chi connectivity index (χ4v) is 2.60. The van der Waals surface area contributed by atoms with Gasteiger partial charge in [0.2, 0.25) is 0 Å². The fourth-order valence-electron chi connectivity index (χ4n) is 2.60. The second kappa shape index (κ2) is 9.36. The SMILES string of the molecule is COC(=O)[C@@H](CCc1ccccc1)NC(=O)[C@@H](O)c1ccc(C(F)(F)F)cc1. The van der Waals surface area contributed by atoms with E-state index in [1.165, 1.54) is 7.11 Å². The molecule has 0 saturated heterocycles. The summed E-state index contributed by atoms with van der Waals surface area (Å²) in [4.78, 5) is 24.2. The maximum absolute atomic E-state index is 12.6. The zero-order valence-corrected chi connectivity index (χ0v) is 15.1. The highest BCUT2D eigenvalue weighted by molar-refractivity contribution is 5.87. The predicted octanol–water partition coefficient (Wildman–Crippen LogP) is 3.03. The molecular formula is C20H20F3NO4. The molecule has 2 aromatic rings. The van der Waals surface area contributed by atoms with Crippen LogP contribution in [0.3, 0.4) is 0 Å². The molecule has 0 radical (unpaired) electrons. The second-order valence-electron chi connectivity index (χ2n) is 6.13. The molecule has 0 aliphatic rings. The van der Waals surface area contributed by atoms with E-state index in [0.29, 0.717) is 6.42 Å². The van der Waals surface area contributed by atoms with E-state index in [-0.39, 0.29) is 12.0 Å². The molecule has 0 aromatic heterocycles. The van der Waals surface area contributed by atoms with E-state index in [0.717, 1.165) is 29.8 Å². The molecule has 28 heavy (non-hydrogen) atoms. The second-order valence-corrected chi connectivity index (χ2v) is 6.13. The van der Waals surface area contributed by atoms with Crippen LogP contribution in [0.4, 0.5) is 13.2 Å². The lowest BCUT2D eigenvalue weighted by Crippen LogP contribution is -2.44.